The number of amides is 4. The summed E-state index contributed by atoms with van der Waals surface area (Å²) in [5, 5.41) is 16.0. The third kappa shape index (κ3) is 23.3. The molecule has 0 spiro atoms. The molecule has 19 unspecified atom stereocenters. The molecular weight excluding hydrogens is 1660 g/mol. The number of para-hydroxylation sites is 1. The zero-order chi connectivity index (χ0) is 84.1. The number of halogens is 6. The number of nitrogens with one attached hydrogen (secondary N) is 4. The molecule has 4 amide bonds. The van der Waals surface area contributed by atoms with Gasteiger partial charge in [-0.1, -0.05) is 124 Å². The fourth-order valence-electron chi connectivity index (χ4n) is 13.5. The maximum Gasteiger partial charge on any atom is 0.412 e. The number of hydrogen-bond donors (Lipinski definition) is 10. The molecule has 1 saturated carbocycles. The van der Waals surface area contributed by atoms with Crippen LogP contribution in [0, 0.1) is 6.92 Å². The van der Waals surface area contributed by atoms with Gasteiger partial charge in [0.05, 0.1) is 29.1 Å². The maximum absolute atomic E-state index is 14.2. The van der Waals surface area contributed by atoms with Gasteiger partial charge in [-0.2, -0.15) is 15.2 Å². The minimum atomic E-state index is -1.97. The first-order chi connectivity index (χ1) is 56.9. The van der Waals surface area contributed by atoms with Gasteiger partial charge in [-0.05, 0) is 171 Å². The van der Waals surface area contributed by atoms with Crippen molar-refractivity contribution in [2.45, 2.75) is 129 Å². The monoisotopic (exact) mass is 1740 g/mol. The summed E-state index contributed by atoms with van der Waals surface area (Å²) >= 11 is 37.3. The summed E-state index contributed by atoms with van der Waals surface area (Å²) in [5.74, 6) is 0. The Hall–Kier alpha value is -10.1. The maximum atomic E-state index is 14.2. The second-order valence-electron chi connectivity index (χ2n) is 26.9. The minimum absolute atomic E-state index is 0.0475. The summed E-state index contributed by atoms with van der Waals surface area (Å²) in [6.45, 7) is 0.443. The molecule has 3 aliphatic heterocycles. The number of anilines is 7. The smallest absolute Gasteiger partial charge is 0.412 e. The Morgan fingerprint density at radius 3 is 1.19 bits per heavy atom. The predicted octanol–water partition coefficient (Wildman–Crippen LogP) is 10.9. The van der Waals surface area contributed by atoms with Crippen LogP contribution in [0.2, 0.25) is 30.1 Å². The van der Waals surface area contributed by atoms with Crippen LogP contribution >= 0.6 is 69.6 Å². The van der Waals surface area contributed by atoms with Gasteiger partial charge in [0, 0.05) is 78.1 Å². The van der Waals surface area contributed by atoms with Crippen molar-refractivity contribution in [1.29, 1.82) is 0 Å². The molecule has 1 aliphatic carbocycles. The Labute approximate surface area is 706 Å². The minimum Gasteiger partial charge on any atom is -0.446 e. The number of hydrogen-bond acceptors (Lipinski definition) is 29. The molecule has 3 heterocycles. The number of aryl methyl sites for hydroxylation is 1. The molecule has 0 bridgehead atoms. The van der Waals surface area contributed by atoms with Gasteiger partial charge in [-0.25, -0.2) is 19.2 Å². The van der Waals surface area contributed by atoms with Gasteiger partial charge in [0.25, 0.3) is 0 Å². The lowest BCUT2D eigenvalue weighted by molar-refractivity contribution is -0.296. The first kappa shape index (κ1) is 88.7. The largest absolute Gasteiger partial charge is 0.446 e. The van der Waals surface area contributed by atoms with Crippen LogP contribution in [0.25, 0.3) is 0 Å². The van der Waals surface area contributed by atoms with Crippen molar-refractivity contribution in [1.82, 2.24) is 0 Å². The van der Waals surface area contributed by atoms with Crippen molar-refractivity contribution in [3.05, 3.63) is 242 Å². The lowest BCUT2D eigenvalue weighted by Gasteiger charge is -2.51. The van der Waals surface area contributed by atoms with E-state index in [1.54, 1.807) is 54.6 Å². The molecule has 0 aromatic heterocycles. The Morgan fingerprint density at radius 1 is 0.381 bits per heavy atom. The third-order valence-corrected chi connectivity index (χ3v) is 20.5. The summed E-state index contributed by atoms with van der Waals surface area (Å²) in [7, 11) is 0. The van der Waals surface area contributed by atoms with E-state index >= 15 is 0 Å². The van der Waals surface area contributed by atoms with Gasteiger partial charge in [-0.15, -0.1) is 0 Å². The standard InChI is InChI=1S/C73H78Cl5N13O20.C6H5Cl/c1-38-7-19-45(20-8-38)86-71(96)109-62-53(32-79)103-67(56(83)59(62)90(101-36-93)49-27-15-42(77)16-28-49)107-63-55(34-99-70(95)85-44-5-3-2-4-6-44)105-69(60(63)91(102-37-94)50-29-17-43(78)18-30-50)108-66-58(89(100-35-92)48-25-13-41(76)14-26-48)51(81)31-52(82)61(66)106-68-57(84)65(111-73(98)88-47-23-11-40(75)12-24-47)64(54(33-80)104-68)110-72(97)87-46-21-9-39(74)10-22-46;7-6-4-2-1-3-5-6/h2-30,35-37,51-69H,31-34,79-84H2,1H3,(H,85,95)(H,86,96)(H,87,97)(H,88,98);1-5H. The Kier molecular flexibility index (Phi) is 32.0. The van der Waals surface area contributed by atoms with E-state index in [9.17, 15) is 33.6 Å². The van der Waals surface area contributed by atoms with Gasteiger partial charge in [0.1, 0.15) is 61.4 Å². The van der Waals surface area contributed by atoms with E-state index in [-0.39, 0.29) is 69.3 Å². The summed E-state index contributed by atoms with van der Waals surface area (Å²) < 4.78 is 66.1. The van der Waals surface area contributed by atoms with E-state index in [4.69, 9.17) is 166 Å². The molecule has 39 heteroatoms. The topological polar surface area (TPSA) is 453 Å². The van der Waals surface area contributed by atoms with Gasteiger partial charge in [0.15, 0.2) is 37.2 Å². The molecule has 3 saturated heterocycles. The van der Waals surface area contributed by atoms with Crippen LogP contribution in [0.1, 0.15) is 12.0 Å². The number of rotatable bonds is 29. The molecule has 33 nitrogen and oxygen atoms in total. The van der Waals surface area contributed by atoms with Crippen LogP contribution in [0.3, 0.4) is 0 Å². The molecule has 12 rings (SSSR count). The zero-order valence-corrected chi connectivity index (χ0v) is 66.9. The average molecular weight is 1750 g/mol. The lowest BCUT2D eigenvalue weighted by atomic mass is 9.82. The van der Waals surface area contributed by atoms with E-state index in [1.165, 1.54) is 121 Å². The van der Waals surface area contributed by atoms with Crippen LogP contribution in [-0.4, -0.2) is 180 Å². The third-order valence-electron chi connectivity index (χ3n) is 19.0. The quantitative estimate of drug-likeness (QED) is 0.0118. The van der Waals surface area contributed by atoms with Crippen LogP contribution < -0.4 is 70.9 Å². The zero-order valence-electron chi connectivity index (χ0n) is 62.4. The Bertz CT molecular complexity index is 4590. The van der Waals surface area contributed by atoms with Gasteiger partial charge < -0.3 is 96.3 Å². The van der Waals surface area contributed by atoms with Crippen LogP contribution in [-0.2, 0) is 76.3 Å². The highest BCUT2D eigenvalue weighted by Crippen LogP contribution is 2.42. The van der Waals surface area contributed by atoms with Crippen molar-refractivity contribution >= 4 is 153 Å². The van der Waals surface area contributed by atoms with Crippen molar-refractivity contribution in [2.75, 3.05) is 56.2 Å². The fourth-order valence-corrected chi connectivity index (χ4v) is 14.3. The molecule has 4 aliphatic rings. The van der Waals surface area contributed by atoms with E-state index in [0.717, 1.165) is 25.8 Å². The molecule has 19 atom stereocenters. The number of nitrogens with zero attached hydrogens (tertiary/aromatic N) is 3. The normalized spacial score (nSPS) is 25.7. The molecule has 4 fully saturated rings. The molecule has 8 aromatic rings. The molecule has 0 radical (unpaired) electrons. The number of hydroxylamine groups is 3. The SMILES string of the molecule is Cc1ccc(NC(=O)OC2C(CN)OC(OC3C(COC(=O)Nc4ccccc4)OC(OC4C(OC5OC(CN)C(OC(=O)Nc6ccc(Cl)cc6)C(OC(=O)Nc6ccc(Cl)cc6)C5N)C(N)CC(N)C4N(OC=O)c4ccc(Cl)cc4)C3N(OC=O)c3ccc(Cl)cc3)C(N)C2N(OC=O)c2ccc(Cl)cc2)cc1.Clc1ccccc1. The van der Waals surface area contributed by atoms with E-state index in [0.29, 0.717) is 21.4 Å². The lowest BCUT2D eigenvalue weighted by Crippen LogP contribution is -2.71. The van der Waals surface area contributed by atoms with Crippen molar-refractivity contribution in [3.63, 3.8) is 0 Å². The van der Waals surface area contributed by atoms with Gasteiger partial charge >= 0.3 is 43.8 Å². The summed E-state index contributed by atoms with van der Waals surface area (Å²) in [6.07, 6.45) is -24.5. The first-order valence-corrected chi connectivity index (χ1v) is 38.7. The Balaban J connectivity index is 0.00000185. The number of nitrogens with two attached hydrogens (primary N) is 6. The van der Waals surface area contributed by atoms with Crippen molar-refractivity contribution < 1.29 is 95.4 Å². The highest BCUT2D eigenvalue weighted by Gasteiger charge is 2.60. The van der Waals surface area contributed by atoms with E-state index < -0.39 is 160 Å². The van der Waals surface area contributed by atoms with Crippen molar-refractivity contribution in [3.8, 4) is 0 Å². The van der Waals surface area contributed by atoms with Gasteiger partial charge in [0.2, 0.25) is 0 Å². The summed E-state index contributed by atoms with van der Waals surface area (Å²) in [4.78, 5) is 113. The first-order valence-electron chi connectivity index (χ1n) is 36.4. The Morgan fingerprint density at radius 2 is 0.737 bits per heavy atom. The number of carbonyl (C=O) groups excluding carboxylic acids is 7. The van der Waals surface area contributed by atoms with E-state index in [1.807, 2.05) is 37.3 Å². The molecule has 118 heavy (non-hydrogen) atoms. The number of ether oxygens (including phenoxy) is 10. The number of carbonyl (C=O) groups is 7. The van der Waals surface area contributed by atoms with Crippen LogP contribution in [0.5, 0.6) is 0 Å². The highest BCUT2D eigenvalue weighted by molar-refractivity contribution is 6.32. The predicted molar refractivity (Wildman–Crippen MR) is 438 cm³/mol. The second-order valence-corrected chi connectivity index (χ2v) is 29.5. The second kappa shape index (κ2) is 42.5. The molecule has 626 valence electrons. The molecule has 8 aromatic carbocycles. The number of benzene rings is 8. The van der Waals surface area contributed by atoms with E-state index in [2.05, 4.69) is 21.3 Å². The van der Waals surface area contributed by atoms with Crippen molar-refractivity contribution in [2.24, 2.45) is 34.4 Å². The highest BCUT2D eigenvalue weighted by atomic mass is 35.5. The average Bonchev–Trinajstić information content (AvgIpc) is 1.42. The molecule has 16 N–H and O–H groups in total. The van der Waals surface area contributed by atoms with Gasteiger partial charge in [-0.3, -0.25) is 35.7 Å². The summed E-state index contributed by atoms with van der Waals surface area (Å²) in [5.41, 5.74) is 44.5. The fraction of sp³-hybridized carbons (Fsp3) is 0.304. The molecular formula is C79H83Cl6N13O20. The van der Waals surface area contributed by atoms with Crippen LogP contribution in [0.4, 0.5) is 59.0 Å². The summed E-state index contributed by atoms with van der Waals surface area (Å²) in [6, 6.07) is 43.7. The van der Waals surface area contributed by atoms with Crippen LogP contribution in [0.15, 0.2) is 206 Å².